The smallest absolute Gasteiger partial charge is 0.478 e. The zero-order valence-corrected chi connectivity index (χ0v) is 20.2. The molecule has 0 amide bonds. The Labute approximate surface area is 208 Å². The summed E-state index contributed by atoms with van der Waals surface area (Å²) in [4.78, 5) is 13.7. The summed E-state index contributed by atoms with van der Waals surface area (Å²) in [6.07, 6.45) is 1.53. The summed E-state index contributed by atoms with van der Waals surface area (Å²) >= 11 is 0. The number of hydrogen-bond donors (Lipinski definition) is 2. The Kier molecular flexibility index (Phi) is 7.43. The second kappa shape index (κ2) is 10.5. The predicted molar refractivity (Wildman–Crippen MR) is 135 cm³/mol. The van der Waals surface area contributed by atoms with Gasteiger partial charge in [0.15, 0.2) is 0 Å². The first kappa shape index (κ1) is 25.4. The predicted octanol–water partition coefficient (Wildman–Crippen LogP) is 8.15. The first-order valence-corrected chi connectivity index (χ1v) is 11.9. The number of halogens is 3. The molecule has 1 saturated carbocycles. The van der Waals surface area contributed by atoms with Gasteiger partial charge in [0.05, 0.1) is 11.3 Å². The van der Waals surface area contributed by atoms with Crippen molar-refractivity contribution >= 4 is 28.7 Å². The summed E-state index contributed by atoms with van der Waals surface area (Å²) in [5, 5.41) is 12.5. The number of carboxylic acids is 1. The van der Waals surface area contributed by atoms with Crippen LogP contribution in [-0.2, 0) is 0 Å². The van der Waals surface area contributed by atoms with Crippen molar-refractivity contribution in [1.82, 2.24) is 0 Å². The van der Waals surface area contributed by atoms with Gasteiger partial charge in [0.1, 0.15) is 5.75 Å². The Morgan fingerprint density at radius 3 is 2.19 bits per heavy atom. The van der Waals surface area contributed by atoms with Gasteiger partial charge in [-0.2, -0.15) is 0 Å². The van der Waals surface area contributed by atoms with Gasteiger partial charge in [-0.15, -0.1) is 13.2 Å². The molecule has 1 aliphatic rings. The maximum Gasteiger partial charge on any atom is 0.573 e. The molecule has 2 N–H and O–H groups in total. The van der Waals surface area contributed by atoms with E-state index in [1.807, 2.05) is 32.2 Å². The molecule has 1 aliphatic carbocycles. The summed E-state index contributed by atoms with van der Waals surface area (Å²) in [5.41, 5.74) is 4.74. The number of aromatic carboxylic acids is 1. The number of carbonyl (C=O) groups is 1. The first-order valence-electron chi connectivity index (χ1n) is 11.9. The van der Waals surface area contributed by atoms with E-state index < -0.39 is 18.1 Å². The van der Waals surface area contributed by atoms with E-state index in [1.165, 1.54) is 43.7 Å². The zero-order chi connectivity index (χ0) is 25.9. The summed E-state index contributed by atoms with van der Waals surface area (Å²) < 4.78 is 41.4. The molecule has 0 saturated heterocycles. The van der Waals surface area contributed by atoms with Crippen LogP contribution in [0, 0.1) is 6.92 Å². The Hall–Kier alpha value is -3.68. The fourth-order valence-corrected chi connectivity index (χ4v) is 4.70. The van der Waals surface area contributed by atoms with Crippen LogP contribution in [0.3, 0.4) is 0 Å². The molecule has 0 spiro atoms. The SMILES string of the molecule is Cc1cc(N(C)c2ccc(C3CCCCC3)cc2)ccc1Nc1ccc(OC(F)(F)F)cc1C(=O)O. The number of rotatable bonds is 7. The molecule has 3 aromatic rings. The lowest BCUT2D eigenvalue weighted by atomic mass is 9.84. The van der Waals surface area contributed by atoms with Crippen molar-refractivity contribution in [2.45, 2.75) is 51.3 Å². The van der Waals surface area contributed by atoms with Crippen molar-refractivity contribution in [2.24, 2.45) is 0 Å². The van der Waals surface area contributed by atoms with Gasteiger partial charge in [0.25, 0.3) is 0 Å². The number of hydrogen-bond acceptors (Lipinski definition) is 4. The molecule has 0 atom stereocenters. The molecule has 4 rings (SSSR count). The standard InChI is InChI=1S/C28H29F3N2O3/c1-18-16-22(33(2)21-10-8-20(9-11-21)19-6-4-3-5-7-19)12-14-25(18)32-26-15-13-23(36-28(29,30)31)17-24(26)27(34)35/h8-17,19,32H,3-7H2,1-2H3,(H,34,35). The zero-order valence-electron chi connectivity index (χ0n) is 20.2. The second-order valence-corrected chi connectivity index (χ2v) is 9.17. The number of alkyl halides is 3. The van der Waals surface area contributed by atoms with Crippen LogP contribution < -0.4 is 15.0 Å². The van der Waals surface area contributed by atoms with Crippen molar-refractivity contribution in [3.05, 3.63) is 77.4 Å². The van der Waals surface area contributed by atoms with Gasteiger partial charge in [0.2, 0.25) is 0 Å². The molecule has 8 heteroatoms. The normalized spacial score (nSPS) is 14.4. The highest BCUT2D eigenvalue weighted by molar-refractivity contribution is 5.96. The van der Waals surface area contributed by atoms with Crippen LogP contribution in [0.25, 0.3) is 0 Å². The van der Waals surface area contributed by atoms with Gasteiger partial charge in [-0.1, -0.05) is 31.4 Å². The summed E-state index contributed by atoms with van der Waals surface area (Å²) in [7, 11) is 1.99. The third-order valence-corrected chi connectivity index (χ3v) is 6.68. The van der Waals surface area contributed by atoms with Crippen LogP contribution in [0.5, 0.6) is 5.75 Å². The molecule has 0 unspecified atom stereocenters. The minimum absolute atomic E-state index is 0.166. The maximum atomic E-state index is 12.5. The average molecular weight is 499 g/mol. The van der Waals surface area contributed by atoms with Crippen molar-refractivity contribution in [3.63, 3.8) is 0 Å². The van der Waals surface area contributed by atoms with Crippen LogP contribution in [-0.4, -0.2) is 24.5 Å². The second-order valence-electron chi connectivity index (χ2n) is 9.17. The van der Waals surface area contributed by atoms with Gasteiger partial charge in [-0.05, 0) is 85.3 Å². The van der Waals surface area contributed by atoms with E-state index >= 15 is 0 Å². The van der Waals surface area contributed by atoms with E-state index in [0.29, 0.717) is 11.6 Å². The fraction of sp³-hybridized carbons (Fsp3) is 0.321. The third-order valence-electron chi connectivity index (χ3n) is 6.68. The molecule has 5 nitrogen and oxygen atoms in total. The van der Waals surface area contributed by atoms with Crippen LogP contribution in [0.15, 0.2) is 60.7 Å². The van der Waals surface area contributed by atoms with E-state index in [9.17, 15) is 23.1 Å². The highest BCUT2D eigenvalue weighted by Gasteiger charge is 2.31. The quantitative estimate of drug-likeness (QED) is 0.344. The Bertz CT molecular complexity index is 1220. The Morgan fingerprint density at radius 1 is 0.944 bits per heavy atom. The van der Waals surface area contributed by atoms with Crippen molar-refractivity contribution in [3.8, 4) is 5.75 Å². The van der Waals surface area contributed by atoms with E-state index in [4.69, 9.17) is 0 Å². The first-order chi connectivity index (χ1) is 17.1. The van der Waals surface area contributed by atoms with Crippen LogP contribution >= 0.6 is 0 Å². The molecular formula is C28H29F3N2O3. The Morgan fingerprint density at radius 2 is 1.58 bits per heavy atom. The van der Waals surface area contributed by atoms with E-state index in [0.717, 1.165) is 29.1 Å². The average Bonchev–Trinajstić information content (AvgIpc) is 2.85. The minimum atomic E-state index is -4.90. The summed E-state index contributed by atoms with van der Waals surface area (Å²) in [6, 6.07) is 17.6. The number of nitrogens with zero attached hydrogens (tertiary/aromatic N) is 1. The number of benzene rings is 3. The highest BCUT2D eigenvalue weighted by Crippen LogP contribution is 2.35. The summed E-state index contributed by atoms with van der Waals surface area (Å²) in [6.45, 7) is 1.88. The molecule has 0 heterocycles. The molecule has 1 fully saturated rings. The number of aryl methyl sites for hydroxylation is 1. The van der Waals surface area contributed by atoms with Gasteiger partial charge < -0.3 is 20.1 Å². The molecule has 0 radical (unpaired) electrons. The van der Waals surface area contributed by atoms with Crippen LogP contribution in [0.2, 0.25) is 0 Å². The lowest BCUT2D eigenvalue weighted by Gasteiger charge is -2.24. The van der Waals surface area contributed by atoms with E-state index in [2.05, 4.69) is 39.2 Å². The molecule has 36 heavy (non-hydrogen) atoms. The molecule has 190 valence electrons. The minimum Gasteiger partial charge on any atom is -0.478 e. The summed E-state index contributed by atoms with van der Waals surface area (Å²) in [5.74, 6) is -1.31. The van der Waals surface area contributed by atoms with Crippen molar-refractivity contribution in [2.75, 3.05) is 17.3 Å². The number of carboxylic acid groups (broad SMARTS) is 1. The van der Waals surface area contributed by atoms with Gasteiger partial charge in [-0.25, -0.2) is 4.79 Å². The van der Waals surface area contributed by atoms with Crippen molar-refractivity contribution in [1.29, 1.82) is 0 Å². The monoisotopic (exact) mass is 498 g/mol. The van der Waals surface area contributed by atoms with Crippen LogP contribution in [0.1, 0.15) is 59.5 Å². The van der Waals surface area contributed by atoms with E-state index in [1.54, 1.807) is 0 Å². The number of ether oxygens (including phenoxy) is 1. The number of anilines is 4. The number of nitrogens with one attached hydrogen (secondary N) is 1. The van der Waals surface area contributed by atoms with Gasteiger partial charge >= 0.3 is 12.3 Å². The molecule has 0 bridgehead atoms. The van der Waals surface area contributed by atoms with Gasteiger partial charge in [0, 0.05) is 24.1 Å². The lowest BCUT2D eigenvalue weighted by Crippen LogP contribution is -2.17. The topological polar surface area (TPSA) is 61.8 Å². The van der Waals surface area contributed by atoms with E-state index in [-0.39, 0.29) is 11.3 Å². The molecular weight excluding hydrogens is 469 g/mol. The largest absolute Gasteiger partial charge is 0.573 e. The molecule has 0 aliphatic heterocycles. The lowest BCUT2D eigenvalue weighted by molar-refractivity contribution is -0.274. The van der Waals surface area contributed by atoms with Gasteiger partial charge in [-0.3, -0.25) is 0 Å². The Balaban J connectivity index is 1.50. The fourth-order valence-electron chi connectivity index (χ4n) is 4.70. The maximum absolute atomic E-state index is 12.5. The highest BCUT2D eigenvalue weighted by atomic mass is 19.4. The third kappa shape index (κ3) is 6.11. The molecule has 3 aromatic carbocycles. The van der Waals surface area contributed by atoms with Crippen LogP contribution in [0.4, 0.5) is 35.9 Å². The van der Waals surface area contributed by atoms with Crippen molar-refractivity contribution < 1.29 is 27.8 Å². The molecule has 0 aromatic heterocycles.